The van der Waals surface area contributed by atoms with Crippen molar-refractivity contribution >= 4 is 45.9 Å². The van der Waals surface area contributed by atoms with Crippen LogP contribution in [0.4, 0.5) is 4.79 Å². The van der Waals surface area contributed by atoms with E-state index in [0.717, 1.165) is 0 Å². The first-order valence-corrected chi connectivity index (χ1v) is 10.5. The summed E-state index contributed by atoms with van der Waals surface area (Å²) >= 11 is 0. The molecule has 0 aromatic heterocycles. The van der Waals surface area contributed by atoms with Crippen LogP contribution >= 0.6 is 24.0 Å². The number of ether oxygens (including phenoxy) is 1. The number of aliphatic imine (C=N–C) groups is 1. The number of guanidine groups is 1. The summed E-state index contributed by atoms with van der Waals surface area (Å²) in [6.07, 6.45) is 0.221. The summed E-state index contributed by atoms with van der Waals surface area (Å²) < 4.78 is 29.6. The smallest absolute Gasteiger partial charge is 0.407 e. The molecular formula is C18H31IN4O4S. The van der Waals surface area contributed by atoms with Crippen LogP contribution in [-0.4, -0.2) is 58.5 Å². The van der Waals surface area contributed by atoms with Crippen LogP contribution in [0.15, 0.2) is 40.2 Å². The second-order valence-electron chi connectivity index (χ2n) is 6.84. The molecule has 0 aliphatic heterocycles. The fraction of sp³-hybridized carbons (Fsp3) is 0.556. The Morgan fingerprint density at radius 3 is 2.18 bits per heavy atom. The first-order valence-electron chi connectivity index (χ1n) is 8.83. The molecule has 1 amide bonds. The Labute approximate surface area is 184 Å². The predicted molar refractivity (Wildman–Crippen MR) is 122 cm³/mol. The molecule has 0 fully saturated rings. The Kier molecular flexibility index (Phi) is 12.1. The highest BCUT2D eigenvalue weighted by molar-refractivity contribution is 14.0. The molecule has 0 aliphatic rings. The van der Waals surface area contributed by atoms with Gasteiger partial charge in [-0.3, -0.25) is 4.99 Å². The van der Waals surface area contributed by atoms with Gasteiger partial charge in [0, 0.05) is 26.7 Å². The molecule has 0 bridgehead atoms. The number of amides is 1. The maximum absolute atomic E-state index is 12.2. The fourth-order valence-electron chi connectivity index (χ4n) is 2.07. The highest BCUT2D eigenvalue weighted by atomic mass is 127. The van der Waals surface area contributed by atoms with Crippen LogP contribution in [0.25, 0.3) is 0 Å². The van der Waals surface area contributed by atoms with Gasteiger partial charge in [0.25, 0.3) is 0 Å². The zero-order chi connectivity index (χ0) is 20.3. The van der Waals surface area contributed by atoms with Crippen LogP contribution in [0.1, 0.15) is 27.2 Å². The normalized spacial score (nSPS) is 11.9. The van der Waals surface area contributed by atoms with E-state index in [-0.39, 0.29) is 36.3 Å². The summed E-state index contributed by atoms with van der Waals surface area (Å²) in [6, 6.07) is 8.35. The highest BCUT2D eigenvalue weighted by Gasteiger charge is 2.15. The van der Waals surface area contributed by atoms with E-state index in [4.69, 9.17) is 4.74 Å². The average Bonchev–Trinajstić information content (AvgIpc) is 2.59. The van der Waals surface area contributed by atoms with Crippen LogP contribution in [0.2, 0.25) is 0 Å². The van der Waals surface area contributed by atoms with Crippen LogP contribution in [-0.2, 0) is 14.6 Å². The molecule has 0 radical (unpaired) electrons. The number of halogens is 1. The fourth-order valence-corrected chi connectivity index (χ4v) is 3.25. The molecule has 1 aromatic carbocycles. The highest BCUT2D eigenvalue weighted by Crippen LogP contribution is 2.09. The zero-order valence-corrected chi connectivity index (χ0v) is 20.0. The van der Waals surface area contributed by atoms with Gasteiger partial charge in [-0.25, -0.2) is 13.2 Å². The number of benzene rings is 1. The SMILES string of the molecule is CN=C(NCCCNC(=O)OC(C)(C)C)NCCS(=O)(=O)c1ccccc1.I. The lowest BCUT2D eigenvalue weighted by atomic mass is 10.2. The van der Waals surface area contributed by atoms with Crippen molar-refractivity contribution in [3.8, 4) is 0 Å². The van der Waals surface area contributed by atoms with Gasteiger partial charge in [0.15, 0.2) is 15.8 Å². The molecule has 0 atom stereocenters. The summed E-state index contributed by atoms with van der Waals surface area (Å²) in [4.78, 5) is 15.9. The van der Waals surface area contributed by atoms with Crippen LogP contribution in [0.3, 0.4) is 0 Å². The number of nitrogens with one attached hydrogen (secondary N) is 3. The largest absolute Gasteiger partial charge is 0.444 e. The first-order chi connectivity index (χ1) is 12.6. The minimum absolute atomic E-state index is 0. The van der Waals surface area contributed by atoms with Crippen molar-refractivity contribution in [1.82, 2.24) is 16.0 Å². The van der Waals surface area contributed by atoms with Gasteiger partial charge in [-0.05, 0) is 39.3 Å². The standard InChI is InChI=1S/C18H30N4O4S.HI/c1-18(2,3)26-17(23)22-12-8-11-20-16(19-4)21-13-14-27(24,25)15-9-6-5-7-10-15;/h5-7,9-10H,8,11-14H2,1-4H3,(H,22,23)(H2,19,20,21);1H. The van der Waals surface area contributed by atoms with Gasteiger partial charge >= 0.3 is 6.09 Å². The Morgan fingerprint density at radius 1 is 1.04 bits per heavy atom. The van der Waals surface area contributed by atoms with Crippen molar-refractivity contribution < 1.29 is 17.9 Å². The molecule has 1 rings (SSSR count). The van der Waals surface area contributed by atoms with Crippen molar-refractivity contribution in [1.29, 1.82) is 0 Å². The molecule has 28 heavy (non-hydrogen) atoms. The number of nitrogens with zero attached hydrogens (tertiary/aromatic N) is 1. The third-order valence-electron chi connectivity index (χ3n) is 3.30. The summed E-state index contributed by atoms with van der Waals surface area (Å²) in [6.45, 7) is 6.70. The summed E-state index contributed by atoms with van der Waals surface area (Å²) in [5.41, 5.74) is -0.519. The lowest BCUT2D eigenvalue weighted by molar-refractivity contribution is 0.0527. The minimum Gasteiger partial charge on any atom is -0.444 e. The average molecular weight is 526 g/mol. The van der Waals surface area contributed by atoms with E-state index in [2.05, 4.69) is 20.9 Å². The number of hydrogen-bond donors (Lipinski definition) is 3. The third-order valence-corrected chi connectivity index (χ3v) is 5.04. The monoisotopic (exact) mass is 526 g/mol. The van der Waals surface area contributed by atoms with E-state index in [1.807, 2.05) is 20.8 Å². The van der Waals surface area contributed by atoms with E-state index in [1.54, 1.807) is 37.4 Å². The van der Waals surface area contributed by atoms with Crippen molar-refractivity contribution in [2.24, 2.45) is 4.99 Å². The Morgan fingerprint density at radius 2 is 1.61 bits per heavy atom. The van der Waals surface area contributed by atoms with Crippen LogP contribution < -0.4 is 16.0 Å². The predicted octanol–water partition coefficient (Wildman–Crippen LogP) is 2.16. The molecule has 0 aliphatic carbocycles. The Hall–Kier alpha value is -1.56. The van der Waals surface area contributed by atoms with Crippen LogP contribution in [0, 0.1) is 0 Å². The Balaban J connectivity index is 0.00000729. The molecular weight excluding hydrogens is 495 g/mol. The van der Waals surface area contributed by atoms with Crippen molar-refractivity contribution in [2.45, 2.75) is 37.7 Å². The summed E-state index contributed by atoms with van der Waals surface area (Å²) in [5.74, 6) is 0.480. The molecule has 3 N–H and O–H groups in total. The molecule has 0 saturated heterocycles. The van der Waals surface area contributed by atoms with E-state index in [0.29, 0.717) is 30.4 Å². The second-order valence-corrected chi connectivity index (χ2v) is 8.95. The van der Waals surface area contributed by atoms with Gasteiger partial charge in [0.05, 0.1) is 10.6 Å². The van der Waals surface area contributed by atoms with E-state index < -0.39 is 21.5 Å². The number of carbonyl (C=O) groups is 1. The maximum atomic E-state index is 12.2. The Bertz CT molecular complexity index is 719. The number of alkyl carbamates (subject to hydrolysis) is 1. The molecule has 160 valence electrons. The summed E-state index contributed by atoms with van der Waals surface area (Å²) in [7, 11) is -1.71. The molecule has 0 spiro atoms. The van der Waals surface area contributed by atoms with Crippen molar-refractivity contribution in [3.63, 3.8) is 0 Å². The molecule has 8 nitrogen and oxygen atoms in total. The van der Waals surface area contributed by atoms with Gasteiger partial charge in [-0.1, -0.05) is 18.2 Å². The van der Waals surface area contributed by atoms with E-state index in [1.165, 1.54) is 0 Å². The summed E-state index contributed by atoms with van der Waals surface area (Å²) in [5, 5.41) is 8.71. The van der Waals surface area contributed by atoms with Gasteiger partial charge in [0.1, 0.15) is 5.60 Å². The lowest BCUT2D eigenvalue weighted by Gasteiger charge is -2.19. The van der Waals surface area contributed by atoms with Gasteiger partial charge in [-0.15, -0.1) is 24.0 Å². The number of rotatable bonds is 8. The molecule has 0 unspecified atom stereocenters. The number of hydrogen-bond acceptors (Lipinski definition) is 5. The lowest BCUT2D eigenvalue weighted by Crippen LogP contribution is -2.41. The van der Waals surface area contributed by atoms with Crippen molar-refractivity contribution in [3.05, 3.63) is 30.3 Å². The zero-order valence-electron chi connectivity index (χ0n) is 16.8. The van der Waals surface area contributed by atoms with Crippen molar-refractivity contribution in [2.75, 3.05) is 32.4 Å². The topological polar surface area (TPSA) is 109 Å². The van der Waals surface area contributed by atoms with Gasteiger partial charge in [0.2, 0.25) is 0 Å². The maximum Gasteiger partial charge on any atom is 0.407 e. The van der Waals surface area contributed by atoms with Gasteiger partial charge < -0.3 is 20.7 Å². The quantitative estimate of drug-likeness (QED) is 0.207. The third kappa shape index (κ3) is 11.3. The van der Waals surface area contributed by atoms with Crippen LogP contribution in [0.5, 0.6) is 0 Å². The number of carbonyl (C=O) groups excluding carboxylic acids is 1. The van der Waals surface area contributed by atoms with E-state index >= 15 is 0 Å². The first kappa shape index (κ1) is 26.4. The minimum atomic E-state index is -3.32. The number of sulfone groups is 1. The molecule has 10 heteroatoms. The second kappa shape index (κ2) is 12.8. The van der Waals surface area contributed by atoms with Gasteiger partial charge in [-0.2, -0.15) is 0 Å². The molecule has 0 saturated carbocycles. The molecule has 0 heterocycles. The van der Waals surface area contributed by atoms with E-state index in [9.17, 15) is 13.2 Å². The molecule has 1 aromatic rings.